The Balaban J connectivity index is 1.44. The number of halogens is 1. The van der Waals surface area contributed by atoms with Crippen molar-refractivity contribution in [2.24, 2.45) is 4.99 Å². The molecule has 0 spiro atoms. The topological polar surface area (TPSA) is 68.2 Å². The Labute approximate surface area is 172 Å². The van der Waals surface area contributed by atoms with Gasteiger partial charge in [0.2, 0.25) is 6.79 Å². The first-order chi connectivity index (χ1) is 13.5. The molecule has 28 heavy (non-hydrogen) atoms. The molecule has 0 bridgehead atoms. The van der Waals surface area contributed by atoms with Crippen molar-refractivity contribution in [1.29, 1.82) is 0 Å². The Kier molecular flexibility index (Phi) is 4.45. The highest BCUT2D eigenvalue weighted by atomic mass is 35.5. The zero-order valence-electron chi connectivity index (χ0n) is 14.7. The number of benzene rings is 2. The van der Waals surface area contributed by atoms with Gasteiger partial charge in [-0.2, -0.15) is 0 Å². The number of rotatable bonds is 3. The average Bonchev–Trinajstić information content (AvgIpc) is 3.32. The van der Waals surface area contributed by atoms with Gasteiger partial charge < -0.3 is 14.4 Å². The van der Waals surface area contributed by atoms with E-state index in [1.807, 2.05) is 47.4 Å². The lowest BCUT2D eigenvalue weighted by Crippen LogP contribution is -2.39. The summed E-state index contributed by atoms with van der Waals surface area (Å²) in [6.07, 6.45) is 0. The van der Waals surface area contributed by atoms with Gasteiger partial charge in [0, 0.05) is 22.5 Å². The summed E-state index contributed by atoms with van der Waals surface area (Å²) in [7, 11) is -3.08. The van der Waals surface area contributed by atoms with Gasteiger partial charge in [0.05, 0.1) is 23.6 Å². The molecule has 9 heteroatoms. The fourth-order valence-corrected chi connectivity index (χ4v) is 6.75. The van der Waals surface area contributed by atoms with E-state index in [4.69, 9.17) is 26.1 Å². The second-order valence-corrected chi connectivity index (χ2v) is 10.5. The number of amidine groups is 1. The predicted octanol–water partition coefficient (Wildman–Crippen LogP) is 3.34. The van der Waals surface area contributed by atoms with Crippen LogP contribution in [0.3, 0.4) is 0 Å². The van der Waals surface area contributed by atoms with Crippen molar-refractivity contribution in [2.45, 2.75) is 17.8 Å². The van der Waals surface area contributed by atoms with Crippen LogP contribution in [0.1, 0.15) is 5.56 Å². The minimum atomic E-state index is -3.08. The Bertz CT molecular complexity index is 1060. The van der Waals surface area contributed by atoms with Crippen LogP contribution in [0.25, 0.3) is 0 Å². The normalized spacial score (nSPS) is 24.3. The van der Waals surface area contributed by atoms with Gasteiger partial charge >= 0.3 is 0 Å². The number of hydrogen-bond acceptors (Lipinski definition) is 7. The van der Waals surface area contributed by atoms with E-state index in [2.05, 4.69) is 0 Å². The molecule has 0 radical (unpaired) electrons. The summed E-state index contributed by atoms with van der Waals surface area (Å²) < 4.78 is 35.2. The van der Waals surface area contributed by atoms with Gasteiger partial charge in [-0.25, -0.2) is 8.42 Å². The number of sulfone groups is 1. The molecule has 3 aliphatic rings. The second-order valence-electron chi connectivity index (χ2n) is 6.95. The molecule has 146 valence electrons. The molecule has 0 amide bonds. The maximum absolute atomic E-state index is 12.2. The van der Waals surface area contributed by atoms with Gasteiger partial charge in [-0.1, -0.05) is 35.5 Å². The number of thioether (sulfide) groups is 1. The molecule has 6 nitrogen and oxygen atoms in total. The van der Waals surface area contributed by atoms with E-state index in [9.17, 15) is 8.42 Å². The average molecular weight is 437 g/mol. The van der Waals surface area contributed by atoms with Crippen molar-refractivity contribution < 1.29 is 17.9 Å². The molecule has 0 N–H and O–H groups in total. The van der Waals surface area contributed by atoms with Crippen molar-refractivity contribution in [3.63, 3.8) is 0 Å². The summed E-state index contributed by atoms with van der Waals surface area (Å²) in [5.41, 5.74) is 2.00. The van der Waals surface area contributed by atoms with E-state index in [1.54, 1.807) is 11.8 Å². The van der Waals surface area contributed by atoms with Crippen molar-refractivity contribution in [3.8, 4) is 11.5 Å². The number of fused-ring (bicyclic) bond motifs is 2. The first-order valence-corrected chi connectivity index (χ1v) is 12.0. The van der Waals surface area contributed by atoms with Crippen LogP contribution in [-0.4, -0.2) is 44.0 Å². The lowest BCUT2D eigenvalue weighted by molar-refractivity contribution is 0.174. The van der Waals surface area contributed by atoms with Crippen LogP contribution in [0.2, 0.25) is 5.02 Å². The molecule has 2 aromatic rings. The van der Waals surface area contributed by atoms with Gasteiger partial charge in [0.1, 0.15) is 0 Å². The zero-order chi connectivity index (χ0) is 19.3. The molecule has 1 saturated heterocycles. The first kappa shape index (κ1) is 18.1. The van der Waals surface area contributed by atoms with Crippen molar-refractivity contribution in [1.82, 2.24) is 0 Å². The SMILES string of the molecule is O=S1(=O)C[C@@H]2N=C(SCc3ccc(Cl)cc3)N(c3ccc4c(c3)OCO4)[C@@H]2C1. The molecule has 0 aliphatic carbocycles. The van der Waals surface area contributed by atoms with Crippen LogP contribution >= 0.6 is 23.4 Å². The number of nitrogens with zero attached hydrogens (tertiary/aromatic N) is 2. The van der Waals surface area contributed by atoms with Crippen LogP contribution < -0.4 is 14.4 Å². The molecule has 5 rings (SSSR count). The number of ether oxygens (including phenoxy) is 2. The summed E-state index contributed by atoms with van der Waals surface area (Å²) >= 11 is 7.56. The highest BCUT2D eigenvalue weighted by Crippen LogP contribution is 2.40. The van der Waals surface area contributed by atoms with Crippen LogP contribution in [0.4, 0.5) is 5.69 Å². The van der Waals surface area contributed by atoms with Crippen LogP contribution in [0.15, 0.2) is 47.5 Å². The lowest BCUT2D eigenvalue weighted by Gasteiger charge is -2.26. The monoisotopic (exact) mass is 436 g/mol. The molecule has 3 aliphatic heterocycles. The van der Waals surface area contributed by atoms with Gasteiger partial charge in [-0.05, 0) is 29.8 Å². The van der Waals surface area contributed by atoms with Crippen molar-refractivity contribution in [2.75, 3.05) is 23.2 Å². The smallest absolute Gasteiger partial charge is 0.231 e. The fourth-order valence-electron chi connectivity index (χ4n) is 3.70. The van der Waals surface area contributed by atoms with Gasteiger partial charge in [-0.15, -0.1) is 0 Å². The van der Waals surface area contributed by atoms with Gasteiger partial charge in [0.15, 0.2) is 26.5 Å². The summed E-state index contributed by atoms with van der Waals surface area (Å²) in [4.78, 5) is 6.80. The molecular weight excluding hydrogens is 420 g/mol. The third kappa shape index (κ3) is 3.33. The van der Waals surface area contributed by atoms with Crippen LogP contribution in [-0.2, 0) is 15.6 Å². The van der Waals surface area contributed by atoms with E-state index >= 15 is 0 Å². The summed E-state index contributed by atoms with van der Waals surface area (Å²) in [6, 6.07) is 13.0. The molecular formula is C19H17ClN2O4S2. The first-order valence-electron chi connectivity index (χ1n) is 8.83. The fraction of sp³-hybridized carbons (Fsp3) is 0.316. The van der Waals surface area contributed by atoms with Crippen LogP contribution in [0.5, 0.6) is 11.5 Å². The Morgan fingerprint density at radius 2 is 1.89 bits per heavy atom. The van der Waals surface area contributed by atoms with Crippen molar-refractivity contribution in [3.05, 3.63) is 53.1 Å². The third-order valence-corrected chi connectivity index (χ3v) is 8.01. The minimum Gasteiger partial charge on any atom is -0.454 e. The molecule has 0 saturated carbocycles. The van der Waals surface area contributed by atoms with Gasteiger partial charge in [0.25, 0.3) is 0 Å². The third-order valence-electron chi connectivity index (χ3n) is 5.02. The van der Waals surface area contributed by atoms with E-state index in [0.717, 1.165) is 22.2 Å². The lowest BCUT2D eigenvalue weighted by atomic mass is 10.1. The summed E-state index contributed by atoms with van der Waals surface area (Å²) in [5.74, 6) is 2.31. The number of hydrogen-bond donors (Lipinski definition) is 0. The summed E-state index contributed by atoms with van der Waals surface area (Å²) in [6.45, 7) is 0.200. The molecule has 0 unspecified atom stereocenters. The van der Waals surface area contributed by atoms with E-state index in [-0.39, 0.29) is 30.4 Å². The molecule has 0 aromatic heterocycles. The Morgan fingerprint density at radius 3 is 2.71 bits per heavy atom. The molecule has 2 aromatic carbocycles. The van der Waals surface area contributed by atoms with E-state index < -0.39 is 9.84 Å². The quantitative estimate of drug-likeness (QED) is 0.735. The highest BCUT2D eigenvalue weighted by Gasteiger charge is 2.47. The maximum Gasteiger partial charge on any atom is 0.231 e. The largest absolute Gasteiger partial charge is 0.454 e. The number of anilines is 1. The molecule has 3 heterocycles. The second kappa shape index (κ2) is 6.86. The Hall–Kier alpha value is -1.90. The number of aliphatic imine (C=N–C) groups is 1. The Morgan fingerprint density at radius 1 is 1.11 bits per heavy atom. The zero-order valence-corrected chi connectivity index (χ0v) is 17.1. The van der Waals surface area contributed by atoms with E-state index in [1.165, 1.54) is 0 Å². The predicted molar refractivity (Wildman–Crippen MR) is 111 cm³/mol. The minimum absolute atomic E-state index is 0.101. The van der Waals surface area contributed by atoms with E-state index in [0.29, 0.717) is 16.5 Å². The van der Waals surface area contributed by atoms with Crippen LogP contribution in [0, 0.1) is 0 Å². The molecule has 2 atom stereocenters. The summed E-state index contributed by atoms with van der Waals surface area (Å²) in [5, 5.41) is 1.53. The highest BCUT2D eigenvalue weighted by molar-refractivity contribution is 8.13. The molecule has 1 fully saturated rings. The maximum atomic E-state index is 12.2. The standard InChI is InChI=1S/C19H17ClN2O4S2/c20-13-3-1-12(2-4-13)8-27-19-21-15-9-28(23,24)10-16(15)22(19)14-5-6-17-18(7-14)26-11-25-17/h1-7,15-16H,8-11H2/t15-,16+/m0/s1. The van der Waals surface area contributed by atoms with Gasteiger partial charge in [-0.3, -0.25) is 4.99 Å². The van der Waals surface area contributed by atoms with Crippen molar-refractivity contribution >= 4 is 44.1 Å².